The quantitative estimate of drug-likeness (QED) is 0.412. The number of hydrogen-bond acceptors (Lipinski definition) is 3. The summed E-state index contributed by atoms with van der Waals surface area (Å²) in [4.78, 5) is 11.4. The topological polar surface area (TPSA) is 35.5 Å². The summed E-state index contributed by atoms with van der Waals surface area (Å²) in [5.74, 6) is 0.453. The van der Waals surface area contributed by atoms with Gasteiger partial charge in [-0.15, -0.1) is 0 Å². The van der Waals surface area contributed by atoms with Crippen molar-refractivity contribution in [3.63, 3.8) is 0 Å². The predicted molar refractivity (Wildman–Crippen MR) is 96.8 cm³/mol. The van der Waals surface area contributed by atoms with Crippen LogP contribution in [0.25, 0.3) is 11.1 Å². The highest BCUT2D eigenvalue weighted by Crippen LogP contribution is 2.23. The number of rotatable bonds is 7. The molecule has 3 nitrogen and oxygen atoms in total. The minimum absolute atomic E-state index is 0.250. The van der Waals surface area contributed by atoms with E-state index in [0.29, 0.717) is 12.2 Å². The van der Waals surface area contributed by atoms with Gasteiger partial charge in [-0.05, 0) is 48.2 Å². The van der Waals surface area contributed by atoms with E-state index in [-0.39, 0.29) is 12.6 Å². The van der Waals surface area contributed by atoms with Gasteiger partial charge < -0.3 is 9.47 Å². The Hall–Kier alpha value is -2.81. The third-order valence-electron chi connectivity index (χ3n) is 3.35. The Morgan fingerprint density at radius 1 is 0.917 bits per heavy atom. The van der Waals surface area contributed by atoms with Gasteiger partial charge in [0.25, 0.3) is 0 Å². The Morgan fingerprint density at radius 3 is 1.96 bits per heavy atom. The number of esters is 1. The standard InChI is InChI=1S/C21H22O3/c1-15(2)13-23-20-11-9-19(10-12-20)18-7-5-17(6-8-18)14-24-21(22)16(3)4/h5-12H,1,3,13-14H2,2,4H3. The van der Waals surface area contributed by atoms with Crippen molar-refractivity contribution in [2.75, 3.05) is 6.61 Å². The van der Waals surface area contributed by atoms with Crippen LogP contribution in [0.4, 0.5) is 0 Å². The van der Waals surface area contributed by atoms with Crippen LogP contribution in [0.3, 0.4) is 0 Å². The second-order valence-electron chi connectivity index (χ2n) is 5.82. The molecule has 0 radical (unpaired) electrons. The van der Waals surface area contributed by atoms with Gasteiger partial charge in [-0.3, -0.25) is 0 Å². The molecule has 2 rings (SSSR count). The SMILES string of the molecule is C=C(C)COc1ccc(-c2ccc(COC(=O)C(=C)C)cc2)cc1. The third-order valence-corrected chi connectivity index (χ3v) is 3.35. The molecule has 0 atom stereocenters. The zero-order chi connectivity index (χ0) is 17.5. The maximum absolute atomic E-state index is 11.4. The van der Waals surface area contributed by atoms with Gasteiger partial charge in [0.15, 0.2) is 0 Å². The van der Waals surface area contributed by atoms with Crippen LogP contribution in [0.15, 0.2) is 72.8 Å². The summed E-state index contributed by atoms with van der Waals surface area (Å²) >= 11 is 0. The highest BCUT2D eigenvalue weighted by Gasteiger charge is 2.04. The van der Waals surface area contributed by atoms with E-state index in [1.807, 2.05) is 55.5 Å². The molecule has 0 bridgehead atoms. The summed E-state index contributed by atoms with van der Waals surface area (Å²) in [6, 6.07) is 15.8. The molecule has 0 aliphatic heterocycles. The fourth-order valence-corrected chi connectivity index (χ4v) is 2.02. The second kappa shape index (κ2) is 8.16. The Morgan fingerprint density at radius 2 is 1.46 bits per heavy atom. The van der Waals surface area contributed by atoms with Crippen molar-refractivity contribution in [1.82, 2.24) is 0 Å². The molecule has 0 fully saturated rings. The van der Waals surface area contributed by atoms with Crippen LogP contribution >= 0.6 is 0 Å². The fraction of sp³-hybridized carbons (Fsp3) is 0.190. The molecule has 0 heterocycles. The van der Waals surface area contributed by atoms with Crippen molar-refractivity contribution < 1.29 is 14.3 Å². The molecule has 0 amide bonds. The molecule has 0 spiro atoms. The zero-order valence-electron chi connectivity index (χ0n) is 14.2. The molecule has 0 aliphatic carbocycles. The lowest BCUT2D eigenvalue weighted by molar-refractivity contribution is -0.140. The zero-order valence-corrected chi connectivity index (χ0v) is 14.2. The summed E-state index contributed by atoms with van der Waals surface area (Å²) in [7, 11) is 0. The van der Waals surface area contributed by atoms with Crippen molar-refractivity contribution in [1.29, 1.82) is 0 Å². The first kappa shape index (κ1) is 17.5. The molecule has 0 aromatic heterocycles. The molecule has 2 aromatic rings. The van der Waals surface area contributed by atoms with Gasteiger partial charge in [0.05, 0.1) is 0 Å². The van der Waals surface area contributed by atoms with Gasteiger partial charge >= 0.3 is 5.97 Å². The summed E-state index contributed by atoms with van der Waals surface area (Å²) in [6.45, 7) is 11.7. The lowest BCUT2D eigenvalue weighted by Gasteiger charge is -2.08. The smallest absolute Gasteiger partial charge is 0.333 e. The summed E-state index contributed by atoms with van der Waals surface area (Å²) in [5, 5.41) is 0. The number of benzene rings is 2. The first-order valence-corrected chi connectivity index (χ1v) is 7.75. The number of carbonyl (C=O) groups is 1. The van der Waals surface area contributed by atoms with Crippen molar-refractivity contribution in [3.8, 4) is 16.9 Å². The highest BCUT2D eigenvalue weighted by molar-refractivity contribution is 5.86. The van der Waals surface area contributed by atoms with Crippen LogP contribution in [0.2, 0.25) is 0 Å². The lowest BCUT2D eigenvalue weighted by Crippen LogP contribution is -2.04. The molecule has 0 saturated carbocycles. The molecular weight excluding hydrogens is 300 g/mol. The Labute approximate surface area is 143 Å². The van der Waals surface area contributed by atoms with Gasteiger partial charge in [0.1, 0.15) is 19.0 Å². The van der Waals surface area contributed by atoms with E-state index in [9.17, 15) is 4.79 Å². The van der Waals surface area contributed by atoms with E-state index < -0.39 is 0 Å². The first-order chi connectivity index (χ1) is 11.5. The average Bonchev–Trinajstić information content (AvgIpc) is 2.58. The van der Waals surface area contributed by atoms with Gasteiger partial charge in [-0.25, -0.2) is 4.79 Å². The van der Waals surface area contributed by atoms with Gasteiger partial charge in [0, 0.05) is 5.57 Å². The minimum atomic E-state index is -0.371. The summed E-state index contributed by atoms with van der Waals surface area (Å²) in [5.41, 5.74) is 4.52. The molecule has 24 heavy (non-hydrogen) atoms. The van der Waals surface area contributed by atoms with E-state index >= 15 is 0 Å². The third kappa shape index (κ3) is 5.13. The Balaban J connectivity index is 1.98. The van der Waals surface area contributed by atoms with Gasteiger partial charge in [0.2, 0.25) is 0 Å². The van der Waals surface area contributed by atoms with Crippen LogP contribution in [0.1, 0.15) is 19.4 Å². The van der Waals surface area contributed by atoms with E-state index in [1.165, 1.54) is 0 Å². The highest BCUT2D eigenvalue weighted by atomic mass is 16.5. The molecular formula is C21H22O3. The van der Waals surface area contributed by atoms with Crippen LogP contribution < -0.4 is 4.74 Å². The minimum Gasteiger partial charge on any atom is -0.489 e. The molecule has 0 saturated heterocycles. The van der Waals surface area contributed by atoms with Crippen molar-refractivity contribution >= 4 is 5.97 Å². The van der Waals surface area contributed by atoms with Crippen molar-refractivity contribution in [2.24, 2.45) is 0 Å². The number of ether oxygens (including phenoxy) is 2. The normalized spacial score (nSPS) is 10.1. The van der Waals surface area contributed by atoms with E-state index in [2.05, 4.69) is 13.2 Å². The monoisotopic (exact) mass is 322 g/mol. The largest absolute Gasteiger partial charge is 0.489 e. The number of hydrogen-bond donors (Lipinski definition) is 0. The maximum Gasteiger partial charge on any atom is 0.333 e. The molecule has 0 unspecified atom stereocenters. The van der Waals surface area contributed by atoms with Crippen LogP contribution in [0, 0.1) is 0 Å². The van der Waals surface area contributed by atoms with E-state index in [0.717, 1.165) is 28.0 Å². The van der Waals surface area contributed by atoms with Crippen LogP contribution in [0.5, 0.6) is 5.75 Å². The molecule has 2 aromatic carbocycles. The predicted octanol–water partition coefficient (Wildman–Crippen LogP) is 4.93. The van der Waals surface area contributed by atoms with Crippen LogP contribution in [-0.4, -0.2) is 12.6 Å². The van der Waals surface area contributed by atoms with Crippen molar-refractivity contribution in [3.05, 3.63) is 78.4 Å². The van der Waals surface area contributed by atoms with Gasteiger partial charge in [-0.1, -0.05) is 49.6 Å². The lowest BCUT2D eigenvalue weighted by atomic mass is 10.0. The van der Waals surface area contributed by atoms with E-state index in [1.54, 1.807) is 6.92 Å². The molecule has 0 N–H and O–H groups in total. The van der Waals surface area contributed by atoms with Gasteiger partial charge in [-0.2, -0.15) is 0 Å². The molecule has 3 heteroatoms. The number of carbonyl (C=O) groups excluding carboxylic acids is 1. The summed E-state index contributed by atoms with van der Waals surface area (Å²) in [6.07, 6.45) is 0. The Bertz CT molecular complexity index is 725. The average molecular weight is 322 g/mol. The van der Waals surface area contributed by atoms with E-state index in [4.69, 9.17) is 9.47 Å². The van der Waals surface area contributed by atoms with Crippen molar-refractivity contribution in [2.45, 2.75) is 20.5 Å². The summed E-state index contributed by atoms with van der Waals surface area (Å²) < 4.78 is 10.7. The maximum atomic E-state index is 11.4. The molecule has 124 valence electrons. The molecule has 0 aliphatic rings. The van der Waals surface area contributed by atoms with Crippen LogP contribution in [-0.2, 0) is 16.1 Å². The fourth-order valence-electron chi connectivity index (χ4n) is 2.02. The second-order valence-corrected chi connectivity index (χ2v) is 5.82. The first-order valence-electron chi connectivity index (χ1n) is 7.75. The Kier molecular flexibility index (Phi) is 5.96.